The first kappa shape index (κ1) is 16.6. The van der Waals surface area contributed by atoms with Crippen molar-refractivity contribution in [2.45, 2.75) is 12.8 Å². The average Bonchev–Trinajstić information content (AvgIpc) is 2.58. The molecule has 0 radical (unpaired) electrons. The highest BCUT2D eigenvalue weighted by Gasteiger charge is 2.09. The minimum atomic E-state index is -0.157. The predicted octanol–water partition coefficient (Wildman–Crippen LogP) is 3.52. The molecule has 0 aliphatic carbocycles. The van der Waals surface area contributed by atoms with Crippen molar-refractivity contribution in [1.29, 1.82) is 0 Å². The predicted molar refractivity (Wildman–Crippen MR) is 91.5 cm³/mol. The molecule has 0 saturated heterocycles. The molecule has 0 bridgehead atoms. The zero-order valence-electron chi connectivity index (χ0n) is 13.0. The summed E-state index contributed by atoms with van der Waals surface area (Å²) >= 11 is 0. The van der Waals surface area contributed by atoms with E-state index in [1.807, 2.05) is 36.4 Å². The van der Waals surface area contributed by atoms with E-state index in [9.17, 15) is 9.90 Å². The lowest BCUT2D eigenvalue weighted by Gasteiger charge is -2.12. The molecule has 0 heterocycles. The van der Waals surface area contributed by atoms with Crippen LogP contribution in [0.3, 0.4) is 0 Å². The monoisotopic (exact) mass is 311 g/mol. The Morgan fingerprint density at radius 1 is 1.09 bits per heavy atom. The summed E-state index contributed by atoms with van der Waals surface area (Å²) < 4.78 is 5.84. The van der Waals surface area contributed by atoms with Gasteiger partial charge in [0.25, 0.3) is 0 Å². The van der Waals surface area contributed by atoms with Crippen LogP contribution in [0.2, 0.25) is 0 Å². The Hall–Kier alpha value is -2.75. The lowest BCUT2D eigenvalue weighted by Crippen LogP contribution is -2.22. The second kappa shape index (κ2) is 8.63. The van der Waals surface area contributed by atoms with Crippen LogP contribution in [0.15, 0.2) is 61.2 Å². The van der Waals surface area contributed by atoms with Crippen molar-refractivity contribution in [3.63, 3.8) is 0 Å². The zero-order valence-corrected chi connectivity index (χ0v) is 13.0. The number of aromatic hydroxyl groups is 1. The van der Waals surface area contributed by atoms with Gasteiger partial charge in [-0.3, -0.25) is 4.79 Å². The van der Waals surface area contributed by atoms with Crippen LogP contribution in [0.5, 0.6) is 11.5 Å². The van der Waals surface area contributed by atoms with Crippen LogP contribution in [0, 0.1) is 0 Å². The quantitative estimate of drug-likeness (QED) is 0.579. The molecule has 23 heavy (non-hydrogen) atoms. The smallest absolute Gasteiger partial charge is 0.243 e. The fourth-order valence-corrected chi connectivity index (χ4v) is 2.21. The van der Waals surface area contributed by atoms with Gasteiger partial charge in [-0.1, -0.05) is 43.0 Å². The number of amides is 1. The van der Waals surface area contributed by atoms with E-state index in [2.05, 4.69) is 11.9 Å². The number of benzene rings is 2. The lowest BCUT2D eigenvalue weighted by molar-refractivity contribution is -0.116. The first-order valence-electron chi connectivity index (χ1n) is 7.63. The van der Waals surface area contributed by atoms with Crippen LogP contribution in [0.25, 0.3) is 11.1 Å². The molecule has 0 unspecified atom stereocenters. The Balaban J connectivity index is 1.90. The molecule has 0 spiro atoms. The molecule has 0 atom stereocenters. The van der Waals surface area contributed by atoms with Gasteiger partial charge in [0.1, 0.15) is 11.5 Å². The Labute approximate surface area is 136 Å². The van der Waals surface area contributed by atoms with Crippen molar-refractivity contribution in [2.24, 2.45) is 0 Å². The van der Waals surface area contributed by atoms with Crippen molar-refractivity contribution < 1.29 is 14.6 Å². The van der Waals surface area contributed by atoms with Crippen LogP contribution in [0.4, 0.5) is 0 Å². The molecule has 1 amide bonds. The fraction of sp³-hybridized carbons (Fsp3) is 0.211. The molecular formula is C19H21NO3. The van der Waals surface area contributed by atoms with Crippen molar-refractivity contribution in [3.05, 3.63) is 61.2 Å². The van der Waals surface area contributed by atoms with Crippen molar-refractivity contribution in [2.75, 3.05) is 13.2 Å². The summed E-state index contributed by atoms with van der Waals surface area (Å²) in [5, 5.41) is 12.7. The lowest BCUT2D eigenvalue weighted by atomic mass is 10.0. The van der Waals surface area contributed by atoms with E-state index in [0.29, 0.717) is 13.2 Å². The van der Waals surface area contributed by atoms with E-state index >= 15 is 0 Å². The first-order chi connectivity index (χ1) is 11.2. The number of carbonyl (C=O) groups excluding carboxylic acids is 1. The third kappa shape index (κ3) is 4.88. The highest BCUT2D eigenvalue weighted by molar-refractivity contribution is 5.86. The molecule has 0 aliphatic heterocycles. The Kier molecular flexibility index (Phi) is 6.24. The maximum Gasteiger partial charge on any atom is 0.243 e. The highest BCUT2D eigenvalue weighted by atomic mass is 16.5. The number of phenols is 1. The molecule has 0 saturated carbocycles. The zero-order chi connectivity index (χ0) is 16.5. The number of para-hydroxylation sites is 2. The van der Waals surface area contributed by atoms with Crippen LogP contribution >= 0.6 is 0 Å². The summed E-state index contributed by atoms with van der Waals surface area (Å²) in [5.74, 6) is 0.815. The SMILES string of the molecule is C=CC(=O)NCCCCOc1ccccc1-c1ccccc1O. The molecule has 2 N–H and O–H groups in total. The highest BCUT2D eigenvalue weighted by Crippen LogP contribution is 2.35. The van der Waals surface area contributed by atoms with Gasteiger partial charge in [-0.15, -0.1) is 0 Å². The van der Waals surface area contributed by atoms with Crippen LogP contribution in [0.1, 0.15) is 12.8 Å². The summed E-state index contributed by atoms with van der Waals surface area (Å²) in [5.41, 5.74) is 1.62. The molecule has 2 aromatic rings. The fourth-order valence-electron chi connectivity index (χ4n) is 2.21. The molecule has 120 valence electrons. The van der Waals surface area contributed by atoms with Gasteiger partial charge in [0, 0.05) is 17.7 Å². The molecule has 0 aromatic heterocycles. The van der Waals surface area contributed by atoms with E-state index in [1.165, 1.54) is 6.08 Å². The van der Waals surface area contributed by atoms with E-state index in [-0.39, 0.29) is 11.7 Å². The average molecular weight is 311 g/mol. The second-order valence-corrected chi connectivity index (χ2v) is 5.06. The minimum absolute atomic E-state index is 0.157. The number of carbonyl (C=O) groups is 1. The largest absolute Gasteiger partial charge is 0.507 e. The number of unbranched alkanes of at least 4 members (excludes halogenated alkanes) is 1. The number of hydrogen-bond donors (Lipinski definition) is 2. The maximum atomic E-state index is 11.0. The number of hydrogen-bond acceptors (Lipinski definition) is 3. The molecule has 2 rings (SSSR count). The summed E-state index contributed by atoms with van der Waals surface area (Å²) in [7, 11) is 0. The standard InChI is InChI=1S/C19H21NO3/c1-2-19(22)20-13-7-8-14-23-18-12-6-4-10-16(18)15-9-3-5-11-17(15)21/h2-6,9-12,21H,1,7-8,13-14H2,(H,20,22). The number of rotatable bonds is 8. The molecule has 4 heteroatoms. The van der Waals surface area contributed by atoms with E-state index in [4.69, 9.17) is 4.74 Å². The van der Waals surface area contributed by atoms with Gasteiger partial charge in [0.05, 0.1) is 6.61 Å². The summed E-state index contributed by atoms with van der Waals surface area (Å²) in [6.07, 6.45) is 2.92. The van der Waals surface area contributed by atoms with Gasteiger partial charge in [0.2, 0.25) is 5.91 Å². The maximum absolute atomic E-state index is 11.0. The van der Waals surface area contributed by atoms with Gasteiger partial charge in [-0.2, -0.15) is 0 Å². The second-order valence-electron chi connectivity index (χ2n) is 5.06. The van der Waals surface area contributed by atoms with Gasteiger partial charge >= 0.3 is 0 Å². The van der Waals surface area contributed by atoms with Gasteiger partial charge in [-0.25, -0.2) is 0 Å². The normalized spacial score (nSPS) is 10.1. The van der Waals surface area contributed by atoms with E-state index < -0.39 is 0 Å². The third-order valence-electron chi connectivity index (χ3n) is 3.39. The minimum Gasteiger partial charge on any atom is -0.507 e. The summed E-state index contributed by atoms with van der Waals surface area (Å²) in [4.78, 5) is 11.0. The Morgan fingerprint density at radius 3 is 2.52 bits per heavy atom. The summed E-state index contributed by atoms with van der Waals surface area (Å²) in [6.45, 7) is 4.56. The molecule has 4 nitrogen and oxygen atoms in total. The first-order valence-corrected chi connectivity index (χ1v) is 7.63. The Morgan fingerprint density at radius 2 is 1.78 bits per heavy atom. The summed E-state index contributed by atoms with van der Waals surface area (Å²) in [6, 6.07) is 14.8. The molecule has 0 aliphatic rings. The van der Waals surface area contributed by atoms with Crippen molar-refractivity contribution in [1.82, 2.24) is 5.32 Å². The molecule has 2 aromatic carbocycles. The van der Waals surface area contributed by atoms with E-state index in [0.717, 1.165) is 29.7 Å². The van der Waals surface area contributed by atoms with Gasteiger partial charge in [-0.05, 0) is 31.1 Å². The number of ether oxygens (including phenoxy) is 1. The third-order valence-corrected chi connectivity index (χ3v) is 3.39. The molecular weight excluding hydrogens is 290 g/mol. The van der Waals surface area contributed by atoms with Crippen LogP contribution < -0.4 is 10.1 Å². The van der Waals surface area contributed by atoms with Crippen LogP contribution in [-0.2, 0) is 4.79 Å². The Bertz CT molecular complexity index is 667. The van der Waals surface area contributed by atoms with Gasteiger partial charge in [0.15, 0.2) is 0 Å². The van der Waals surface area contributed by atoms with Crippen molar-refractivity contribution in [3.8, 4) is 22.6 Å². The van der Waals surface area contributed by atoms with Gasteiger partial charge < -0.3 is 15.2 Å². The number of phenolic OH excluding ortho intramolecular Hbond substituents is 1. The van der Waals surface area contributed by atoms with Crippen LogP contribution in [-0.4, -0.2) is 24.2 Å². The van der Waals surface area contributed by atoms with E-state index in [1.54, 1.807) is 12.1 Å². The number of nitrogens with one attached hydrogen (secondary N) is 1. The topological polar surface area (TPSA) is 58.6 Å². The molecule has 0 fully saturated rings. The van der Waals surface area contributed by atoms with Crippen molar-refractivity contribution >= 4 is 5.91 Å².